The van der Waals surface area contributed by atoms with Crippen LogP contribution >= 0.6 is 23.4 Å². The second kappa shape index (κ2) is 6.83. The van der Waals surface area contributed by atoms with E-state index in [1.165, 1.54) is 25.7 Å². The molecule has 5 heteroatoms. The van der Waals surface area contributed by atoms with Gasteiger partial charge in [0.15, 0.2) is 0 Å². The van der Waals surface area contributed by atoms with Crippen LogP contribution in [0.4, 0.5) is 0 Å². The maximum atomic E-state index is 6.28. The highest BCUT2D eigenvalue weighted by molar-refractivity contribution is 7.99. The fraction of sp³-hybridized carbons (Fsp3) is 0.769. The second-order valence-electron chi connectivity index (χ2n) is 4.95. The van der Waals surface area contributed by atoms with Crippen molar-refractivity contribution in [1.82, 2.24) is 9.78 Å². The number of aromatic nitrogens is 2. The standard InChI is InChI=1S/C13H22ClN3S/c1-2-7-17-13(11(14)8-16-17)12(15)9-18-10-5-3-4-6-10/h8,10,12H,2-7,9,15H2,1H3. The lowest BCUT2D eigenvalue weighted by Crippen LogP contribution is -2.20. The Balaban J connectivity index is 1.94. The summed E-state index contributed by atoms with van der Waals surface area (Å²) in [5, 5.41) is 5.82. The largest absolute Gasteiger partial charge is 0.322 e. The van der Waals surface area contributed by atoms with Crippen LogP contribution in [0.1, 0.15) is 50.8 Å². The van der Waals surface area contributed by atoms with Gasteiger partial charge < -0.3 is 5.73 Å². The molecule has 0 bridgehead atoms. The Morgan fingerprint density at radius 2 is 2.28 bits per heavy atom. The molecule has 0 radical (unpaired) electrons. The minimum Gasteiger partial charge on any atom is -0.322 e. The Hall–Kier alpha value is -0.190. The van der Waals surface area contributed by atoms with Crippen molar-refractivity contribution in [1.29, 1.82) is 0 Å². The zero-order chi connectivity index (χ0) is 13.0. The normalized spacial score (nSPS) is 18.4. The summed E-state index contributed by atoms with van der Waals surface area (Å²) in [6, 6.07) is -0.00264. The molecule has 1 aliphatic rings. The minimum absolute atomic E-state index is 0.00264. The van der Waals surface area contributed by atoms with E-state index >= 15 is 0 Å². The topological polar surface area (TPSA) is 43.8 Å². The summed E-state index contributed by atoms with van der Waals surface area (Å²) in [4.78, 5) is 0. The summed E-state index contributed by atoms with van der Waals surface area (Å²) in [5.41, 5.74) is 7.29. The van der Waals surface area contributed by atoms with E-state index in [1.807, 2.05) is 16.4 Å². The smallest absolute Gasteiger partial charge is 0.0834 e. The first kappa shape index (κ1) is 14.2. The zero-order valence-electron chi connectivity index (χ0n) is 10.9. The summed E-state index contributed by atoms with van der Waals surface area (Å²) in [6.07, 6.45) is 8.21. The first-order valence-electron chi connectivity index (χ1n) is 6.80. The molecule has 1 aromatic rings. The Kier molecular flexibility index (Phi) is 5.39. The van der Waals surface area contributed by atoms with Crippen LogP contribution in [0.5, 0.6) is 0 Å². The molecular formula is C13H22ClN3S. The molecule has 1 aromatic heterocycles. The molecule has 0 spiro atoms. The summed E-state index contributed by atoms with van der Waals surface area (Å²) in [6.45, 7) is 3.03. The zero-order valence-corrected chi connectivity index (χ0v) is 12.5. The molecule has 2 N–H and O–H groups in total. The van der Waals surface area contributed by atoms with E-state index in [0.29, 0.717) is 5.02 Å². The lowest BCUT2D eigenvalue weighted by molar-refractivity contribution is 0.554. The summed E-state index contributed by atoms with van der Waals surface area (Å²) < 4.78 is 1.96. The van der Waals surface area contributed by atoms with Crippen molar-refractivity contribution in [3.8, 4) is 0 Å². The summed E-state index contributed by atoms with van der Waals surface area (Å²) >= 11 is 8.20. The molecule has 2 rings (SSSR count). The molecule has 1 heterocycles. The van der Waals surface area contributed by atoms with E-state index in [-0.39, 0.29) is 6.04 Å². The minimum atomic E-state index is -0.00264. The van der Waals surface area contributed by atoms with E-state index < -0.39 is 0 Å². The first-order valence-corrected chi connectivity index (χ1v) is 8.23. The van der Waals surface area contributed by atoms with Crippen molar-refractivity contribution in [2.45, 2.75) is 56.9 Å². The quantitative estimate of drug-likeness (QED) is 0.869. The summed E-state index contributed by atoms with van der Waals surface area (Å²) in [7, 11) is 0. The lowest BCUT2D eigenvalue weighted by atomic mass is 10.2. The first-order chi connectivity index (χ1) is 8.72. The predicted octanol–water partition coefficient (Wildman–Crippen LogP) is 3.62. The Labute approximate surface area is 118 Å². The highest BCUT2D eigenvalue weighted by Crippen LogP contribution is 2.32. The average Bonchev–Trinajstić information content (AvgIpc) is 2.97. The van der Waals surface area contributed by atoms with Gasteiger partial charge in [-0.3, -0.25) is 4.68 Å². The van der Waals surface area contributed by atoms with Gasteiger partial charge in [-0.2, -0.15) is 16.9 Å². The molecule has 1 fully saturated rings. The monoisotopic (exact) mass is 287 g/mol. The average molecular weight is 288 g/mol. The van der Waals surface area contributed by atoms with Crippen molar-refractivity contribution in [3.05, 3.63) is 16.9 Å². The van der Waals surface area contributed by atoms with Crippen LogP contribution in [0, 0.1) is 0 Å². The molecule has 18 heavy (non-hydrogen) atoms. The lowest BCUT2D eigenvalue weighted by Gasteiger charge is -2.16. The van der Waals surface area contributed by atoms with Crippen LogP contribution in [-0.2, 0) is 6.54 Å². The molecule has 0 aliphatic heterocycles. The molecule has 0 aromatic carbocycles. The van der Waals surface area contributed by atoms with E-state index in [9.17, 15) is 0 Å². The van der Waals surface area contributed by atoms with Crippen LogP contribution in [0.3, 0.4) is 0 Å². The van der Waals surface area contributed by atoms with Gasteiger partial charge in [-0.05, 0) is 19.3 Å². The number of aryl methyl sites for hydroxylation is 1. The summed E-state index contributed by atoms with van der Waals surface area (Å²) in [5.74, 6) is 0.944. The Morgan fingerprint density at radius 3 is 2.94 bits per heavy atom. The van der Waals surface area contributed by atoms with Crippen molar-refractivity contribution in [2.75, 3.05) is 5.75 Å². The molecular weight excluding hydrogens is 266 g/mol. The van der Waals surface area contributed by atoms with Crippen molar-refractivity contribution < 1.29 is 0 Å². The SMILES string of the molecule is CCCn1ncc(Cl)c1C(N)CSC1CCCC1. The van der Waals surface area contributed by atoms with Crippen LogP contribution in [0.15, 0.2) is 6.20 Å². The van der Waals surface area contributed by atoms with Crippen LogP contribution in [-0.4, -0.2) is 20.8 Å². The van der Waals surface area contributed by atoms with Crippen molar-refractivity contribution >= 4 is 23.4 Å². The molecule has 1 saturated carbocycles. The van der Waals surface area contributed by atoms with E-state index in [0.717, 1.165) is 29.7 Å². The second-order valence-corrected chi connectivity index (χ2v) is 6.69. The molecule has 102 valence electrons. The van der Waals surface area contributed by atoms with Gasteiger partial charge in [-0.15, -0.1) is 0 Å². The highest BCUT2D eigenvalue weighted by Gasteiger charge is 2.20. The van der Waals surface area contributed by atoms with Crippen molar-refractivity contribution in [3.63, 3.8) is 0 Å². The molecule has 1 aliphatic carbocycles. The third-order valence-corrected chi connectivity index (χ3v) is 5.22. The van der Waals surface area contributed by atoms with Gasteiger partial charge in [-0.25, -0.2) is 0 Å². The van der Waals surface area contributed by atoms with E-state index in [2.05, 4.69) is 12.0 Å². The number of thioether (sulfide) groups is 1. The third kappa shape index (κ3) is 3.43. The Morgan fingerprint density at radius 1 is 1.56 bits per heavy atom. The number of halogens is 1. The molecule has 0 saturated heterocycles. The fourth-order valence-electron chi connectivity index (χ4n) is 2.50. The van der Waals surface area contributed by atoms with Gasteiger partial charge in [0.1, 0.15) is 0 Å². The van der Waals surface area contributed by atoms with Crippen LogP contribution in [0.25, 0.3) is 0 Å². The van der Waals surface area contributed by atoms with Crippen LogP contribution in [0.2, 0.25) is 5.02 Å². The van der Waals surface area contributed by atoms with E-state index in [4.69, 9.17) is 17.3 Å². The van der Waals surface area contributed by atoms with Gasteiger partial charge in [0.25, 0.3) is 0 Å². The predicted molar refractivity (Wildman–Crippen MR) is 79.2 cm³/mol. The molecule has 3 nitrogen and oxygen atoms in total. The number of hydrogen-bond donors (Lipinski definition) is 1. The van der Waals surface area contributed by atoms with Gasteiger partial charge in [0, 0.05) is 17.5 Å². The maximum Gasteiger partial charge on any atom is 0.0834 e. The van der Waals surface area contributed by atoms with E-state index in [1.54, 1.807) is 6.20 Å². The highest BCUT2D eigenvalue weighted by atomic mass is 35.5. The van der Waals surface area contributed by atoms with Gasteiger partial charge >= 0.3 is 0 Å². The van der Waals surface area contributed by atoms with Gasteiger partial charge in [-0.1, -0.05) is 31.4 Å². The molecule has 0 amide bonds. The fourth-order valence-corrected chi connectivity index (χ4v) is 4.09. The number of nitrogens with zero attached hydrogens (tertiary/aromatic N) is 2. The van der Waals surface area contributed by atoms with Crippen LogP contribution < -0.4 is 5.73 Å². The van der Waals surface area contributed by atoms with Gasteiger partial charge in [0.2, 0.25) is 0 Å². The molecule has 1 atom stereocenters. The maximum absolute atomic E-state index is 6.28. The van der Waals surface area contributed by atoms with Gasteiger partial charge in [0.05, 0.1) is 23.0 Å². The number of hydrogen-bond acceptors (Lipinski definition) is 3. The molecule has 1 unspecified atom stereocenters. The number of nitrogens with two attached hydrogens (primary N) is 1. The van der Waals surface area contributed by atoms with Crippen molar-refractivity contribution in [2.24, 2.45) is 5.73 Å². The Bertz CT molecular complexity index is 374. The number of rotatable bonds is 6. The third-order valence-electron chi connectivity index (χ3n) is 3.43.